The number of benzene rings is 2. The second kappa shape index (κ2) is 9.51. The van der Waals surface area contributed by atoms with Crippen molar-refractivity contribution < 1.29 is 0 Å². The molecule has 35 heavy (non-hydrogen) atoms. The van der Waals surface area contributed by atoms with E-state index in [0.29, 0.717) is 0 Å². The molecule has 4 heterocycles. The number of nitrogens with one attached hydrogen (secondary N) is 2. The highest BCUT2D eigenvalue weighted by Gasteiger charge is 2.25. The van der Waals surface area contributed by atoms with Crippen LogP contribution in [0, 0.1) is 0 Å². The van der Waals surface area contributed by atoms with Crippen LogP contribution in [0.15, 0.2) is 58.1 Å². The Morgan fingerprint density at radius 2 is 1.03 bits per heavy atom. The number of rotatable bonds is 6. The number of H-pyrrole nitrogens is 2. The van der Waals surface area contributed by atoms with E-state index in [-0.39, 0.29) is 23.5 Å². The lowest BCUT2D eigenvalue weighted by Crippen LogP contribution is -2.40. The van der Waals surface area contributed by atoms with Crippen LogP contribution in [0.25, 0.3) is 22.1 Å². The second-order valence-electron chi connectivity index (χ2n) is 10.1. The monoisotopic (exact) mass is 474 g/mol. The fourth-order valence-corrected chi connectivity index (χ4v) is 6.19. The molecule has 184 valence electrons. The van der Waals surface area contributed by atoms with E-state index < -0.39 is 0 Å². The molecular formula is C27H34N6O2. The summed E-state index contributed by atoms with van der Waals surface area (Å²) >= 11 is 0. The van der Waals surface area contributed by atoms with Crippen molar-refractivity contribution in [3.8, 4) is 0 Å². The Balaban J connectivity index is 0.970. The minimum atomic E-state index is 0.0166. The number of fused-ring (bicyclic) bond motifs is 2. The number of nitrogens with zero attached hydrogens (tertiary/aromatic N) is 4. The lowest BCUT2D eigenvalue weighted by atomic mass is 10.0. The fourth-order valence-electron chi connectivity index (χ4n) is 6.19. The number of aromatic amines is 2. The van der Waals surface area contributed by atoms with Gasteiger partial charge in [-0.25, -0.2) is 9.59 Å². The maximum Gasteiger partial charge on any atom is 0.326 e. The molecular weight excluding hydrogens is 440 g/mol. The first-order chi connectivity index (χ1) is 17.2. The van der Waals surface area contributed by atoms with E-state index >= 15 is 0 Å². The Bertz CT molecular complexity index is 1300. The van der Waals surface area contributed by atoms with Gasteiger partial charge in [0.15, 0.2) is 0 Å². The molecule has 0 atom stereocenters. The van der Waals surface area contributed by atoms with Crippen molar-refractivity contribution in [3.63, 3.8) is 0 Å². The van der Waals surface area contributed by atoms with Crippen LogP contribution in [0.5, 0.6) is 0 Å². The van der Waals surface area contributed by atoms with Gasteiger partial charge in [0.2, 0.25) is 0 Å². The molecule has 2 fully saturated rings. The van der Waals surface area contributed by atoms with Gasteiger partial charge in [0.25, 0.3) is 0 Å². The van der Waals surface area contributed by atoms with Crippen LogP contribution in [0.4, 0.5) is 0 Å². The average molecular weight is 475 g/mol. The molecule has 0 saturated carbocycles. The summed E-state index contributed by atoms with van der Waals surface area (Å²) in [5.41, 5.74) is 3.94. The maximum atomic E-state index is 12.5. The van der Waals surface area contributed by atoms with Gasteiger partial charge in [-0.2, -0.15) is 0 Å². The minimum absolute atomic E-state index is 0.0166. The van der Waals surface area contributed by atoms with Crippen LogP contribution in [-0.4, -0.2) is 68.2 Å². The largest absolute Gasteiger partial charge is 0.326 e. The van der Waals surface area contributed by atoms with Gasteiger partial charge in [-0.15, -0.1) is 0 Å². The van der Waals surface area contributed by atoms with Crippen molar-refractivity contribution in [2.75, 3.05) is 39.3 Å². The third kappa shape index (κ3) is 4.36. The number of likely N-dealkylation sites (tertiary alicyclic amines) is 2. The summed E-state index contributed by atoms with van der Waals surface area (Å²) in [5, 5.41) is 0. The van der Waals surface area contributed by atoms with E-state index in [2.05, 4.69) is 19.8 Å². The van der Waals surface area contributed by atoms with E-state index in [0.717, 1.165) is 93.4 Å². The van der Waals surface area contributed by atoms with Crippen molar-refractivity contribution in [3.05, 3.63) is 69.5 Å². The van der Waals surface area contributed by atoms with Crippen LogP contribution < -0.4 is 11.4 Å². The third-order valence-electron chi connectivity index (χ3n) is 8.04. The summed E-state index contributed by atoms with van der Waals surface area (Å²) in [6.45, 7) is 6.39. The SMILES string of the molecule is O=c1[nH]c2ccccc2n1C1CCN(CCCN2CCC(n3c(=O)[nH]c4ccccc43)CC2)CC1. The Kier molecular flexibility index (Phi) is 6.08. The van der Waals surface area contributed by atoms with Crippen LogP contribution in [0.2, 0.25) is 0 Å². The lowest BCUT2D eigenvalue weighted by molar-refractivity contribution is 0.155. The van der Waals surface area contributed by atoms with E-state index in [4.69, 9.17) is 0 Å². The first kappa shape index (κ1) is 22.4. The zero-order chi connectivity index (χ0) is 23.8. The first-order valence-electron chi connectivity index (χ1n) is 13.0. The molecule has 8 nitrogen and oxygen atoms in total. The Labute approximate surface area is 204 Å². The summed E-state index contributed by atoms with van der Waals surface area (Å²) in [5.74, 6) is 0. The predicted molar refractivity (Wildman–Crippen MR) is 139 cm³/mol. The van der Waals surface area contributed by atoms with Crippen molar-refractivity contribution in [1.29, 1.82) is 0 Å². The number of aromatic nitrogens is 4. The highest BCUT2D eigenvalue weighted by atomic mass is 16.1. The zero-order valence-electron chi connectivity index (χ0n) is 20.2. The fraction of sp³-hybridized carbons (Fsp3) is 0.481. The molecule has 2 saturated heterocycles. The molecule has 2 aromatic heterocycles. The van der Waals surface area contributed by atoms with Crippen LogP contribution in [0.3, 0.4) is 0 Å². The van der Waals surface area contributed by atoms with E-state index in [1.807, 2.05) is 57.7 Å². The van der Waals surface area contributed by atoms with Crippen molar-refractivity contribution in [2.24, 2.45) is 0 Å². The van der Waals surface area contributed by atoms with Gasteiger partial charge >= 0.3 is 11.4 Å². The van der Waals surface area contributed by atoms with Gasteiger partial charge in [-0.1, -0.05) is 24.3 Å². The normalized spacial score (nSPS) is 19.2. The predicted octanol–water partition coefficient (Wildman–Crippen LogP) is 3.34. The lowest BCUT2D eigenvalue weighted by Gasteiger charge is -2.35. The molecule has 0 radical (unpaired) electrons. The molecule has 2 N–H and O–H groups in total. The summed E-state index contributed by atoms with van der Waals surface area (Å²) in [4.78, 5) is 36.1. The smallest absolute Gasteiger partial charge is 0.306 e. The van der Waals surface area contributed by atoms with Crippen molar-refractivity contribution in [2.45, 2.75) is 44.2 Å². The van der Waals surface area contributed by atoms with E-state index in [9.17, 15) is 9.59 Å². The van der Waals surface area contributed by atoms with E-state index in [1.54, 1.807) is 0 Å². The maximum absolute atomic E-state index is 12.5. The average Bonchev–Trinajstić information content (AvgIpc) is 3.40. The zero-order valence-corrected chi connectivity index (χ0v) is 20.2. The molecule has 2 aromatic carbocycles. The molecule has 0 bridgehead atoms. The number of para-hydroxylation sites is 4. The van der Waals surface area contributed by atoms with Crippen molar-refractivity contribution in [1.82, 2.24) is 28.9 Å². The highest BCUT2D eigenvalue weighted by Crippen LogP contribution is 2.26. The summed E-state index contributed by atoms with van der Waals surface area (Å²) in [6, 6.07) is 16.5. The number of hydrogen-bond acceptors (Lipinski definition) is 4. The van der Waals surface area contributed by atoms with Gasteiger partial charge < -0.3 is 19.8 Å². The molecule has 2 aliphatic rings. The molecule has 0 unspecified atom stereocenters. The molecule has 0 spiro atoms. The number of piperidine rings is 2. The molecule has 0 amide bonds. The standard InChI is InChI=1S/C27H34N6O2/c34-26-28-22-6-1-3-8-24(22)32(26)20-10-16-30(17-11-20)14-5-15-31-18-12-21(13-19-31)33-25-9-4-2-7-23(25)29-27(33)35/h1-4,6-9,20-21H,5,10-19H2,(H,28,34)(H,29,35). The number of hydrogen-bond donors (Lipinski definition) is 2. The van der Waals surface area contributed by atoms with Crippen LogP contribution in [-0.2, 0) is 0 Å². The third-order valence-corrected chi connectivity index (χ3v) is 8.04. The summed E-state index contributed by atoms with van der Waals surface area (Å²) < 4.78 is 3.94. The van der Waals surface area contributed by atoms with Gasteiger partial charge in [0, 0.05) is 38.3 Å². The molecule has 6 rings (SSSR count). The summed E-state index contributed by atoms with van der Waals surface area (Å²) in [6.07, 6.45) is 5.24. The van der Waals surface area contributed by atoms with Gasteiger partial charge in [0.05, 0.1) is 22.1 Å². The second-order valence-corrected chi connectivity index (χ2v) is 10.1. The molecule has 0 aliphatic carbocycles. The minimum Gasteiger partial charge on any atom is -0.306 e. The van der Waals surface area contributed by atoms with Crippen LogP contribution >= 0.6 is 0 Å². The first-order valence-corrected chi connectivity index (χ1v) is 13.0. The van der Waals surface area contributed by atoms with Gasteiger partial charge in [-0.05, 0) is 69.5 Å². The van der Waals surface area contributed by atoms with Gasteiger partial charge in [-0.3, -0.25) is 9.13 Å². The van der Waals surface area contributed by atoms with E-state index in [1.165, 1.54) is 0 Å². The van der Waals surface area contributed by atoms with Crippen LogP contribution in [0.1, 0.15) is 44.2 Å². The van der Waals surface area contributed by atoms with Crippen molar-refractivity contribution >= 4 is 22.1 Å². The molecule has 4 aromatic rings. The summed E-state index contributed by atoms with van der Waals surface area (Å²) in [7, 11) is 0. The Morgan fingerprint density at radius 3 is 1.46 bits per heavy atom. The Morgan fingerprint density at radius 1 is 0.629 bits per heavy atom. The topological polar surface area (TPSA) is 82.1 Å². The molecule has 2 aliphatic heterocycles. The molecule has 8 heteroatoms. The highest BCUT2D eigenvalue weighted by molar-refractivity contribution is 5.75. The number of imidazole rings is 2. The Hall–Kier alpha value is -3.10. The quantitative estimate of drug-likeness (QED) is 0.449. The van der Waals surface area contributed by atoms with Gasteiger partial charge in [0.1, 0.15) is 0 Å².